The molecule has 112 valence electrons. The summed E-state index contributed by atoms with van der Waals surface area (Å²) in [4.78, 5) is 1.52. The Balaban J connectivity index is 1.55. The number of nitrogens with one attached hydrogen (secondary N) is 1. The Bertz CT molecular complexity index is 417. The number of hydrogen-bond donors (Lipinski definition) is 1. The zero-order valence-electron chi connectivity index (χ0n) is 12.6. The summed E-state index contributed by atoms with van der Waals surface area (Å²) < 4.78 is 6.18. The summed E-state index contributed by atoms with van der Waals surface area (Å²) in [5, 5.41) is 6.03. The summed E-state index contributed by atoms with van der Waals surface area (Å²) in [6, 6.07) is 2.92. The fourth-order valence-electron chi connectivity index (χ4n) is 3.82. The third-order valence-electron chi connectivity index (χ3n) is 5.03. The Labute approximate surface area is 126 Å². The maximum Gasteiger partial charge on any atom is 0.0697 e. The topological polar surface area (TPSA) is 21.3 Å². The van der Waals surface area contributed by atoms with E-state index in [9.17, 15) is 0 Å². The molecule has 0 aromatic carbocycles. The van der Waals surface area contributed by atoms with Crippen molar-refractivity contribution in [3.63, 3.8) is 0 Å². The van der Waals surface area contributed by atoms with Crippen LogP contribution in [0.2, 0.25) is 0 Å². The van der Waals surface area contributed by atoms with Crippen molar-refractivity contribution in [2.75, 3.05) is 6.61 Å². The van der Waals surface area contributed by atoms with Crippen LogP contribution in [0, 0.1) is 0 Å². The second-order valence-electron chi connectivity index (χ2n) is 6.39. The summed E-state index contributed by atoms with van der Waals surface area (Å²) >= 11 is 1.90. The van der Waals surface area contributed by atoms with E-state index < -0.39 is 0 Å². The van der Waals surface area contributed by atoms with Gasteiger partial charge in [0.05, 0.1) is 5.60 Å². The Morgan fingerprint density at radius 2 is 2.20 bits per heavy atom. The lowest BCUT2D eigenvalue weighted by Crippen LogP contribution is -2.47. The van der Waals surface area contributed by atoms with Crippen molar-refractivity contribution >= 4 is 11.3 Å². The largest absolute Gasteiger partial charge is 0.375 e. The lowest BCUT2D eigenvalue weighted by Gasteiger charge is -2.43. The molecule has 0 amide bonds. The summed E-state index contributed by atoms with van der Waals surface area (Å²) in [5.74, 6) is 0. The minimum Gasteiger partial charge on any atom is -0.375 e. The molecule has 1 N–H and O–H groups in total. The predicted octanol–water partition coefficient (Wildman–Crippen LogP) is 4.28. The van der Waals surface area contributed by atoms with Gasteiger partial charge in [0.2, 0.25) is 0 Å². The van der Waals surface area contributed by atoms with Crippen LogP contribution in [0.25, 0.3) is 0 Å². The van der Waals surface area contributed by atoms with Crippen LogP contribution in [0.5, 0.6) is 0 Å². The van der Waals surface area contributed by atoms with Crippen molar-refractivity contribution in [2.24, 2.45) is 0 Å². The highest BCUT2D eigenvalue weighted by Crippen LogP contribution is 2.38. The number of ether oxygens (including phenoxy) is 1. The van der Waals surface area contributed by atoms with Crippen molar-refractivity contribution in [1.29, 1.82) is 0 Å². The molecular weight excluding hydrogens is 266 g/mol. The molecule has 3 heteroatoms. The van der Waals surface area contributed by atoms with Crippen LogP contribution < -0.4 is 5.32 Å². The van der Waals surface area contributed by atoms with Gasteiger partial charge >= 0.3 is 0 Å². The summed E-state index contributed by atoms with van der Waals surface area (Å²) in [6.45, 7) is 4.24. The third-order valence-corrected chi connectivity index (χ3v) is 5.99. The summed E-state index contributed by atoms with van der Waals surface area (Å²) in [6.07, 6.45) is 10.2. The maximum absolute atomic E-state index is 6.18. The highest BCUT2D eigenvalue weighted by molar-refractivity contribution is 7.10. The zero-order chi connectivity index (χ0) is 13.8. The molecule has 1 saturated carbocycles. The molecule has 1 unspecified atom stereocenters. The first kappa shape index (κ1) is 14.6. The number of thiophene rings is 1. The Kier molecular flexibility index (Phi) is 4.79. The van der Waals surface area contributed by atoms with Gasteiger partial charge < -0.3 is 10.1 Å². The van der Waals surface area contributed by atoms with Gasteiger partial charge in [-0.1, -0.05) is 26.2 Å². The maximum atomic E-state index is 6.18. The summed E-state index contributed by atoms with van der Waals surface area (Å²) in [5.41, 5.74) is 1.74. The van der Waals surface area contributed by atoms with Crippen molar-refractivity contribution in [2.45, 2.75) is 76.5 Å². The average Bonchev–Trinajstić information content (AvgIpc) is 2.93. The van der Waals surface area contributed by atoms with Gasteiger partial charge in [0.25, 0.3) is 0 Å². The number of rotatable bonds is 4. The van der Waals surface area contributed by atoms with E-state index in [0.717, 1.165) is 19.6 Å². The van der Waals surface area contributed by atoms with E-state index >= 15 is 0 Å². The molecular formula is C17H27NOS. The number of hydrogen-bond acceptors (Lipinski definition) is 3. The van der Waals surface area contributed by atoms with E-state index in [4.69, 9.17) is 4.74 Å². The van der Waals surface area contributed by atoms with Gasteiger partial charge in [0.15, 0.2) is 0 Å². The highest BCUT2D eigenvalue weighted by atomic mass is 32.1. The summed E-state index contributed by atoms with van der Waals surface area (Å²) in [7, 11) is 0. The molecule has 2 heterocycles. The zero-order valence-corrected chi connectivity index (χ0v) is 13.4. The van der Waals surface area contributed by atoms with E-state index in [1.807, 2.05) is 11.3 Å². The fraction of sp³-hybridized carbons (Fsp3) is 0.765. The van der Waals surface area contributed by atoms with Gasteiger partial charge in [-0.25, -0.2) is 0 Å². The lowest BCUT2D eigenvalue weighted by atomic mass is 9.78. The van der Waals surface area contributed by atoms with Crippen LogP contribution in [0.4, 0.5) is 0 Å². The minimum atomic E-state index is 0.219. The molecule has 2 aliphatic rings. The molecule has 1 aromatic rings. The van der Waals surface area contributed by atoms with Crippen molar-refractivity contribution in [3.05, 3.63) is 21.9 Å². The fourth-order valence-corrected chi connectivity index (χ4v) is 4.75. The highest BCUT2D eigenvalue weighted by Gasteiger charge is 2.38. The number of aryl methyl sites for hydroxylation is 1. The van der Waals surface area contributed by atoms with Crippen LogP contribution in [0.3, 0.4) is 0 Å². The Morgan fingerprint density at radius 1 is 1.35 bits per heavy atom. The van der Waals surface area contributed by atoms with Crippen molar-refractivity contribution in [1.82, 2.24) is 5.32 Å². The van der Waals surface area contributed by atoms with Gasteiger partial charge in [-0.2, -0.15) is 0 Å². The molecule has 0 bridgehead atoms. The van der Waals surface area contributed by atoms with Gasteiger partial charge in [0.1, 0.15) is 0 Å². The second kappa shape index (κ2) is 6.59. The third kappa shape index (κ3) is 3.26. The SMILES string of the molecule is CCc1ccsc1CNC1CCOC2(CCCCC2)C1. The molecule has 1 spiro atoms. The van der Waals surface area contributed by atoms with Gasteiger partial charge in [-0.3, -0.25) is 0 Å². The second-order valence-corrected chi connectivity index (χ2v) is 7.39. The first-order valence-corrected chi connectivity index (χ1v) is 9.12. The van der Waals surface area contributed by atoms with Gasteiger partial charge in [-0.05, 0) is 49.1 Å². The van der Waals surface area contributed by atoms with E-state index in [-0.39, 0.29) is 5.60 Å². The van der Waals surface area contributed by atoms with Crippen LogP contribution >= 0.6 is 11.3 Å². The van der Waals surface area contributed by atoms with Crippen molar-refractivity contribution in [3.8, 4) is 0 Å². The molecule has 1 atom stereocenters. The van der Waals surface area contributed by atoms with Crippen molar-refractivity contribution < 1.29 is 4.74 Å². The van der Waals surface area contributed by atoms with E-state index in [1.54, 1.807) is 0 Å². The van der Waals surface area contributed by atoms with Crippen LogP contribution in [0.1, 0.15) is 62.3 Å². The monoisotopic (exact) mass is 293 g/mol. The molecule has 1 aliphatic heterocycles. The molecule has 2 nitrogen and oxygen atoms in total. The normalized spacial score (nSPS) is 25.9. The van der Waals surface area contributed by atoms with Crippen LogP contribution in [-0.4, -0.2) is 18.2 Å². The van der Waals surface area contributed by atoms with Crippen LogP contribution in [-0.2, 0) is 17.7 Å². The lowest BCUT2D eigenvalue weighted by molar-refractivity contribution is -0.109. The van der Waals surface area contributed by atoms with E-state index in [1.165, 1.54) is 55.4 Å². The standard InChI is InChI=1S/C17H27NOS/c1-2-14-7-11-20-16(14)13-18-15-6-10-19-17(12-15)8-4-3-5-9-17/h7,11,15,18H,2-6,8-10,12-13H2,1H3. The molecule has 20 heavy (non-hydrogen) atoms. The minimum absolute atomic E-state index is 0.219. The molecule has 2 fully saturated rings. The van der Waals surface area contributed by atoms with Gasteiger partial charge in [0, 0.05) is 24.1 Å². The quantitative estimate of drug-likeness (QED) is 0.894. The molecule has 1 aliphatic carbocycles. The first-order chi connectivity index (χ1) is 9.81. The predicted molar refractivity (Wildman–Crippen MR) is 85.3 cm³/mol. The Hall–Kier alpha value is -0.380. The smallest absolute Gasteiger partial charge is 0.0697 e. The first-order valence-electron chi connectivity index (χ1n) is 8.24. The Morgan fingerprint density at radius 3 is 3.00 bits per heavy atom. The average molecular weight is 293 g/mol. The van der Waals surface area contributed by atoms with E-state index in [2.05, 4.69) is 23.7 Å². The molecule has 1 saturated heterocycles. The molecule has 0 radical (unpaired) electrons. The van der Waals surface area contributed by atoms with Crippen LogP contribution in [0.15, 0.2) is 11.4 Å². The molecule has 1 aromatic heterocycles. The van der Waals surface area contributed by atoms with E-state index in [0.29, 0.717) is 6.04 Å². The van der Waals surface area contributed by atoms with Gasteiger partial charge in [-0.15, -0.1) is 11.3 Å². The molecule has 3 rings (SSSR count).